The topological polar surface area (TPSA) is 109 Å². The molecule has 60 valence electrons. The molecule has 0 bridgehead atoms. The lowest BCUT2D eigenvalue weighted by molar-refractivity contribution is -0.147. The summed E-state index contributed by atoms with van der Waals surface area (Å²) in [7, 11) is 0. The first-order chi connectivity index (χ1) is 4.97. The molecule has 1 saturated heterocycles. The van der Waals surface area contributed by atoms with Crippen LogP contribution in [0.3, 0.4) is 0 Å². The summed E-state index contributed by atoms with van der Waals surface area (Å²) >= 11 is 0. The Morgan fingerprint density at radius 3 is 2.36 bits per heavy atom. The van der Waals surface area contributed by atoms with Gasteiger partial charge in [0.2, 0.25) is 11.4 Å². The predicted octanol–water partition coefficient (Wildman–Crippen LogP) is -2.19. The molecule has 2 amide bonds. The van der Waals surface area contributed by atoms with Crippen LogP contribution < -0.4 is 11.1 Å². The van der Waals surface area contributed by atoms with Crippen LogP contribution in [0.5, 0.6) is 0 Å². The molecule has 1 atom stereocenters. The molecule has 0 aromatic heterocycles. The number of nitrogens with one attached hydrogen (secondary N) is 1. The number of carboxylic acid groups (broad SMARTS) is 1. The third-order valence-electron chi connectivity index (χ3n) is 1.48. The van der Waals surface area contributed by atoms with Crippen molar-refractivity contribution in [3.63, 3.8) is 0 Å². The van der Waals surface area contributed by atoms with E-state index in [9.17, 15) is 14.4 Å². The van der Waals surface area contributed by atoms with Gasteiger partial charge in [0.25, 0.3) is 5.91 Å². The van der Waals surface area contributed by atoms with Gasteiger partial charge in [-0.25, -0.2) is 4.79 Å². The number of rotatable bonds is 1. The average Bonchev–Trinajstić information content (AvgIpc) is 2.08. The van der Waals surface area contributed by atoms with E-state index < -0.39 is 29.7 Å². The summed E-state index contributed by atoms with van der Waals surface area (Å²) in [5.41, 5.74) is 3.04. The molecule has 0 unspecified atom stereocenters. The van der Waals surface area contributed by atoms with Gasteiger partial charge < -0.3 is 10.8 Å². The highest BCUT2D eigenvalue weighted by atomic mass is 16.4. The van der Waals surface area contributed by atoms with Crippen molar-refractivity contribution in [2.24, 2.45) is 5.73 Å². The number of nitrogens with two attached hydrogens (primary N) is 1. The fourth-order valence-electron chi connectivity index (χ4n) is 0.789. The van der Waals surface area contributed by atoms with Gasteiger partial charge in [-0.3, -0.25) is 14.9 Å². The second-order valence-electron chi connectivity index (χ2n) is 2.33. The van der Waals surface area contributed by atoms with Crippen LogP contribution in [0, 0.1) is 0 Å². The molecule has 4 N–H and O–H groups in total. The molecular formula is C5H6N2O4. The van der Waals surface area contributed by atoms with Gasteiger partial charge in [-0.2, -0.15) is 0 Å². The molecule has 1 aliphatic heterocycles. The van der Waals surface area contributed by atoms with Gasteiger partial charge in [-0.15, -0.1) is 0 Å². The third-order valence-corrected chi connectivity index (χ3v) is 1.48. The molecule has 0 aromatic rings. The Balaban J connectivity index is 2.96. The summed E-state index contributed by atoms with van der Waals surface area (Å²) in [5.74, 6) is -3.09. The summed E-state index contributed by atoms with van der Waals surface area (Å²) in [6, 6.07) is 0. The van der Waals surface area contributed by atoms with E-state index in [1.807, 2.05) is 0 Å². The lowest BCUT2D eigenvalue weighted by atomic mass is 10.00. The molecule has 0 saturated carbocycles. The molecule has 1 fully saturated rings. The number of carboxylic acids is 1. The zero-order chi connectivity index (χ0) is 8.65. The fraction of sp³-hybridized carbons (Fsp3) is 0.400. The van der Waals surface area contributed by atoms with Crippen molar-refractivity contribution in [2.75, 3.05) is 0 Å². The van der Waals surface area contributed by atoms with Crippen LogP contribution in [-0.4, -0.2) is 28.4 Å². The van der Waals surface area contributed by atoms with Crippen molar-refractivity contribution in [1.29, 1.82) is 0 Å². The van der Waals surface area contributed by atoms with E-state index in [0.717, 1.165) is 0 Å². The molecule has 0 aromatic carbocycles. The monoisotopic (exact) mass is 158 g/mol. The fourth-order valence-corrected chi connectivity index (χ4v) is 0.789. The van der Waals surface area contributed by atoms with Gasteiger partial charge in [0.05, 0.1) is 6.42 Å². The summed E-state index contributed by atoms with van der Waals surface area (Å²) in [5, 5.41) is 10.2. The second-order valence-corrected chi connectivity index (χ2v) is 2.33. The molecule has 0 aliphatic carbocycles. The Kier molecular flexibility index (Phi) is 1.41. The highest BCUT2D eigenvalue weighted by Crippen LogP contribution is 2.13. The molecule has 1 heterocycles. The Bertz CT molecular complexity index is 249. The largest absolute Gasteiger partial charge is 0.479 e. The van der Waals surface area contributed by atoms with E-state index >= 15 is 0 Å². The Hall–Kier alpha value is -1.43. The minimum Gasteiger partial charge on any atom is -0.479 e. The maximum absolute atomic E-state index is 10.7. The SMILES string of the molecule is N[C@]1(C(=O)O)CC(=O)NC1=O. The van der Waals surface area contributed by atoms with E-state index in [0.29, 0.717) is 0 Å². The predicted molar refractivity (Wildman–Crippen MR) is 32.3 cm³/mol. The van der Waals surface area contributed by atoms with Gasteiger partial charge in [0.1, 0.15) is 0 Å². The summed E-state index contributed by atoms with van der Waals surface area (Å²) in [6.45, 7) is 0. The molecule has 0 spiro atoms. The van der Waals surface area contributed by atoms with Crippen LogP contribution in [0.15, 0.2) is 0 Å². The third kappa shape index (κ3) is 0.966. The van der Waals surface area contributed by atoms with Gasteiger partial charge in [-0.1, -0.05) is 0 Å². The van der Waals surface area contributed by atoms with E-state index in [-0.39, 0.29) is 0 Å². The molecule has 6 nitrogen and oxygen atoms in total. The minimum absolute atomic E-state index is 0.485. The van der Waals surface area contributed by atoms with Crippen LogP contribution in [0.4, 0.5) is 0 Å². The van der Waals surface area contributed by atoms with Gasteiger partial charge in [0, 0.05) is 0 Å². The number of hydrogen-bond donors (Lipinski definition) is 3. The molecule has 1 rings (SSSR count). The lowest BCUT2D eigenvalue weighted by Crippen LogP contribution is -2.53. The standard InChI is InChI=1S/C5H6N2O4/c6-5(4(10)11)1-2(8)7-3(5)9/h1,6H2,(H,10,11)(H,7,8,9)/t5-/m1/s1. The van der Waals surface area contributed by atoms with E-state index in [1.165, 1.54) is 0 Å². The van der Waals surface area contributed by atoms with Crippen LogP contribution in [0.25, 0.3) is 0 Å². The first-order valence-corrected chi connectivity index (χ1v) is 2.83. The number of carbonyl (C=O) groups excluding carboxylic acids is 2. The summed E-state index contributed by atoms with van der Waals surface area (Å²) < 4.78 is 0. The highest BCUT2D eigenvalue weighted by molar-refractivity contribution is 6.19. The van der Waals surface area contributed by atoms with E-state index in [1.54, 1.807) is 5.32 Å². The molecule has 11 heavy (non-hydrogen) atoms. The summed E-state index contributed by atoms with van der Waals surface area (Å²) in [4.78, 5) is 31.5. The normalized spacial score (nSPS) is 30.3. The first-order valence-electron chi connectivity index (χ1n) is 2.83. The first kappa shape index (κ1) is 7.67. The molecule has 6 heteroatoms. The zero-order valence-electron chi connectivity index (χ0n) is 5.46. The average molecular weight is 158 g/mol. The molecule has 0 radical (unpaired) electrons. The molecule has 1 aliphatic rings. The maximum atomic E-state index is 10.7. The van der Waals surface area contributed by atoms with Crippen molar-refractivity contribution in [3.05, 3.63) is 0 Å². The van der Waals surface area contributed by atoms with Crippen molar-refractivity contribution in [1.82, 2.24) is 5.32 Å². The Labute approximate surface area is 61.4 Å². The Morgan fingerprint density at radius 2 is 2.18 bits per heavy atom. The van der Waals surface area contributed by atoms with Gasteiger partial charge >= 0.3 is 5.97 Å². The van der Waals surface area contributed by atoms with Gasteiger partial charge in [-0.05, 0) is 0 Å². The summed E-state index contributed by atoms with van der Waals surface area (Å²) in [6.07, 6.45) is -0.485. The number of amides is 2. The highest BCUT2D eigenvalue weighted by Gasteiger charge is 2.50. The van der Waals surface area contributed by atoms with Crippen molar-refractivity contribution in [3.8, 4) is 0 Å². The maximum Gasteiger partial charge on any atom is 0.334 e. The van der Waals surface area contributed by atoms with E-state index in [2.05, 4.69) is 0 Å². The van der Waals surface area contributed by atoms with Crippen LogP contribution in [0.1, 0.15) is 6.42 Å². The number of carbonyl (C=O) groups is 3. The second kappa shape index (κ2) is 2.03. The van der Waals surface area contributed by atoms with Crippen LogP contribution >= 0.6 is 0 Å². The lowest BCUT2D eigenvalue weighted by Gasteiger charge is -2.11. The van der Waals surface area contributed by atoms with Crippen LogP contribution in [-0.2, 0) is 14.4 Å². The van der Waals surface area contributed by atoms with Gasteiger partial charge in [0.15, 0.2) is 0 Å². The number of imide groups is 1. The quantitative estimate of drug-likeness (QED) is 0.297. The van der Waals surface area contributed by atoms with Crippen molar-refractivity contribution < 1.29 is 19.5 Å². The molecular weight excluding hydrogens is 152 g/mol. The van der Waals surface area contributed by atoms with Crippen molar-refractivity contribution >= 4 is 17.8 Å². The number of hydrogen-bond acceptors (Lipinski definition) is 4. The zero-order valence-corrected chi connectivity index (χ0v) is 5.46. The van der Waals surface area contributed by atoms with Crippen LogP contribution in [0.2, 0.25) is 0 Å². The minimum atomic E-state index is -2.06. The number of aliphatic carboxylic acids is 1. The van der Waals surface area contributed by atoms with Crippen molar-refractivity contribution in [2.45, 2.75) is 12.0 Å². The van der Waals surface area contributed by atoms with E-state index in [4.69, 9.17) is 10.8 Å². The Morgan fingerprint density at radius 1 is 1.64 bits per heavy atom. The smallest absolute Gasteiger partial charge is 0.334 e.